The third-order valence-electron chi connectivity index (χ3n) is 5.19. The summed E-state index contributed by atoms with van der Waals surface area (Å²) in [5.41, 5.74) is 0.970. The van der Waals surface area contributed by atoms with Crippen LogP contribution < -0.4 is 10.1 Å². The molecular formula is C22H26N2O6S. The molecule has 8 nitrogen and oxygen atoms in total. The summed E-state index contributed by atoms with van der Waals surface area (Å²) in [5, 5.41) is 2.87. The van der Waals surface area contributed by atoms with Gasteiger partial charge in [-0.15, -0.1) is 0 Å². The minimum Gasteiger partial charge on any atom is -0.497 e. The van der Waals surface area contributed by atoms with Crippen LogP contribution in [0.5, 0.6) is 5.75 Å². The van der Waals surface area contributed by atoms with Gasteiger partial charge in [-0.25, -0.2) is 13.2 Å². The predicted octanol–water partition coefficient (Wildman–Crippen LogP) is 2.91. The van der Waals surface area contributed by atoms with Crippen molar-refractivity contribution in [3.63, 3.8) is 0 Å². The number of nitrogens with one attached hydrogen (secondary N) is 1. The summed E-state index contributed by atoms with van der Waals surface area (Å²) in [6, 6.07) is 12.7. The van der Waals surface area contributed by atoms with Gasteiger partial charge >= 0.3 is 5.97 Å². The maximum Gasteiger partial charge on any atom is 0.338 e. The average Bonchev–Trinajstić information content (AvgIpc) is 2.80. The number of carbonyl (C=O) groups is 2. The lowest BCUT2D eigenvalue weighted by atomic mass is 9.97. The van der Waals surface area contributed by atoms with Crippen molar-refractivity contribution in [3.05, 3.63) is 54.1 Å². The standard InChI is InChI=1S/C22H26N2O6S/c1-3-30-22(26)17-4-10-20(11-5-17)31(27,28)24-14-12-16(13-15-24)21(25)23-18-6-8-19(29-2)9-7-18/h4-11,16H,3,12-15H2,1-2H3,(H,23,25). The Morgan fingerprint density at radius 2 is 1.65 bits per heavy atom. The molecule has 2 aromatic rings. The second kappa shape index (κ2) is 9.93. The van der Waals surface area contributed by atoms with Crippen LogP contribution in [0.3, 0.4) is 0 Å². The number of hydrogen-bond donors (Lipinski definition) is 1. The van der Waals surface area contributed by atoms with Gasteiger partial charge < -0.3 is 14.8 Å². The molecule has 166 valence electrons. The Kier molecular flexibility index (Phi) is 7.29. The van der Waals surface area contributed by atoms with Crippen LogP contribution in [0.4, 0.5) is 5.69 Å². The summed E-state index contributed by atoms with van der Waals surface area (Å²) < 4.78 is 37.2. The number of methoxy groups -OCH3 is 1. The first-order valence-electron chi connectivity index (χ1n) is 10.1. The summed E-state index contributed by atoms with van der Waals surface area (Å²) in [6.07, 6.45) is 0.865. The SMILES string of the molecule is CCOC(=O)c1ccc(S(=O)(=O)N2CCC(C(=O)Nc3ccc(OC)cc3)CC2)cc1. The Hall–Kier alpha value is -2.91. The summed E-state index contributed by atoms with van der Waals surface area (Å²) >= 11 is 0. The maximum atomic E-state index is 12.9. The molecule has 0 spiro atoms. The monoisotopic (exact) mass is 446 g/mol. The van der Waals surface area contributed by atoms with Gasteiger partial charge in [0.1, 0.15) is 5.75 Å². The Labute approximate surface area is 182 Å². The highest BCUT2D eigenvalue weighted by molar-refractivity contribution is 7.89. The third-order valence-corrected chi connectivity index (χ3v) is 7.10. The van der Waals surface area contributed by atoms with E-state index in [2.05, 4.69) is 5.32 Å². The molecule has 1 N–H and O–H groups in total. The van der Waals surface area contributed by atoms with Crippen LogP contribution in [0.2, 0.25) is 0 Å². The fourth-order valence-electron chi connectivity index (χ4n) is 3.40. The van der Waals surface area contributed by atoms with Crippen molar-refractivity contribution in [2.45, 2.75) is 24.7 Å². The smallest absolute Gasteiger partial charge is 0.338 e. The van der Waals surface area contributed by atoms with Crippen LogP contribution in [0.15, 0.2) is 53.4 Å². The number of benzene rings is 2. The zero-order valence-electron chi connectivity index (χ0n) is 17.5. The van der Waals surface area contributed by atoms with Crippen molar-refractivity contribution < 1.29 is 27.5 Å². The lowest BCUT2D eigenvalue weighted by Gasteiger charge is -2.30. The number of hydrogen-bond acceptors (Lipinski definition) is 6. The van der Waals surface area contributed by atoms with Crippen molar-refractivity contribution in [3.8, 4) is 5.75 Å². The first-order valence-corrected chi connectivity index (χ1v) is 11.5. The number of nitrogens with zero attached hydrogens (tertiary/aromatic N) is 1. The number of carbonyl (C=O) groups excluding carboxylic acids is 2. The fourth-order valence-corrected chi connectivity index (χ4v) is 4.87. The molecule has 1 aliphatic heterocycles. The largest absolute Gasteiger partial charge is 0.497 e. The Bertz CT molecular complexity index is 1010. The topological polar surface area (TPSA) is 102 Å². The molecule has 1 amide bonds. The molecule has 1 fully saturated rings. The highest BCUT2D eigenvalue weighted by Crippen LogP contribution is 2.25. The summed E-state index contributed by atoms with van der Waals surface area (Å²) in [7, 11) is -2.12. The minimum absolute atomic E-state index is 0.113. The van der Waals surface area contributed by atoms with Crippen molar-refractivity contribution >= 4 is 27.6 Å². The van der Waals surface area contributed by atoms with Crippen molar-refractivity contribution in [2.75, 3.05) is 32.1 Å². The molecule has 0 bridgehead atoms. The summed E-state index contributed by atoms with van der Waals surface area (Å²) in [4.78, 5) is 24.4. The molecule has 1 heterocycles. The molecule has 0 aliphatic carbocycles. The van der Waals surface area contributed by atoms with E-state index in [0.717, 1.165) is 0 Å². The zero-order chi connectivity index (χ0) is 22.4. The second-order valence-electron chi connectivity index (χ2n) is 7.14. The van der Waals surface area contributed by atoms with Crippen molar-refractivity contribution in [1.82, 2.24) is 4.31 Å². The average molecular weight is 447 g/mol. The van der Waals surface area contributed by atoms with E-state index >= 15 is 0 Å². The number of anilines is 1. The van der Waals surface area contributed by atoms with Gasteiger partial charge in [-0.1, -0.05) is 0 Å². The Balaban J connectivity index is 1.58. The molecule has 0 radical (unpaired) electrons. The number of sulfonamides is 1. The summed E-state index contributed by atoms with van der Waals surface area (Å²) in [6.45, 7) is 2.46. The van der Waals surface area contributed by atoms with Gasteiger partial charge in [0.15, 0.2) is 0 Å². The van der Waals surface area contributed by atoms with Gasteiger partial charge in [0, 0.05) is 24.7 Å². The quantitative estimate of drug-likeness (QED) is 0.656. The molecule has 2 aromatic carbocycles. The van der Waals surface area contributed by atoms with E-state index in [-0.39, 0.29) is 36.4 Å². The van der Waals surface area contributed by atoms with Crippen LogP contribution in [-0.2, 0) is 19.6 Å². The Morgan fingerprint density at radius 3 is 2.19 bits per heavy atom. The lowest BCUT2D eigenvalue weighted by molar-refractivity contribution is -0.120. The van der Waals surface area contributed by atoms with E-state index in [4.69, 9.17) is 9.47 Å². The molecular weight excluding hydrogens is 420 g/mol. The van der Waals surface area contributed by atoms with Crippen LogP contribution >= 0.6 is 0 Å². The zero-order valence-corrected chi connectivity index (χ0v) is 18.4. The number of piperidine rings is 1. The number of ether oxygens (including phenoxy) is 2. The van der Waals surface area contributed by atoms with E-state index in [1.807, 2.05) is 0 Å². The van der Waals surface area contributed by atoms with E-state index in [9.17, 15) is 18.0 Å². The molecule has 1 aliphatic rings. The third kappa shape index (κ3) is 5.42. The van der Waals surface area contributed by atoms with Gasteiger partial charge in [0.25, 0.3) is 0 Å². The normalized spacial score (nSPS) is 15.3. The maximum absolute atomic E-state index is 12.9. The van der Waals surface area contributed by atoms with Crippen LogP contribution in [0.25, 0.3) is 0 Å². The van der Waals surface area contributed by atoms with Crippen LogP contribution in [0.1, 0.15) is 30.1 Å². The lowest BCUT2D eigenvalue weighted by Crippen LogP contribution is -2.41. The number of rotatable bonds is 7. The van der Waals surface area contributed by atoms with E-state index in [1.54, 1.807) is 38.3 Å². The minimum atomic E-state index is -3.70. The molecule has 31 heavy (non-hydrogen) atoms. The van der Waals surface area contributed by atoms with Gasteiger partial charge in [-0.05, 0) is 68.3 Å². The van der Waals surface area contributed by atoms with Crippen molar-refractivity contribution in [1.29, 1.82) is 0 Å². The van der Waals surface area contributed by atoms with Crippen LogP contribution in [-0.4, -0.2) is 51.4 Å². The molecule has 0 aromatic heterocycles. The first-order chi connectivity index (χ1) is 14.8. The first kappa shape index (κ1) is 22.8. The molecule has 9 heteroatoms. The van der Waals surface area contributed by atoms with Gasteiger partial charge in [-0.2, -0.15) is 4.31 Å². The van der Waals surface area contributed by atoms with E-state index in [0.29, 0.717) is 29.8 Å². The Morgan fingerprint density at radius 1 is 1.03 bits per heavy atom. The molecule has 0 saturated carbocycles. The van der Waals surface area contributed by atoms with E-state index < -0.39 is 16.0 Å². The second-order valence-corrected chi connectivity index (χ2v) is 9.08. The molecule has 0 unspecified atom stereocenters. The fraction of sp³-hybridized carbons (Fsp3) is 0.364. The highest BCUT2D eigenvalue weighted by Gasteiger charge is 2.32. The molecule has 0 atom stereocenters. The number of amides is 1. The predicted molar refractivity (Wildman–Crippen MR) is 116 cm³/mol. The van der Waals surface area contributed by atoms with Crippen molar-refractivity contribution in [2.24, 2.45) is 5.92 Å². The highest BCUT2D eigenvalue weighted by atomic mass is 32.2. The molecule has 3 rings (SSSR count). The molecule has 1 saturated heterocycles. The van der Waals surface area contributed by atoms with Gasteiger partial charge in [-0.3, -0.25) is 4.79 Å². The van der Waals surface area contributed by atoms with Gasteiger partial charge in [0.05, 0.1) is 24.2 Å². The summed E-state index contributed by atoms with van der Waals surface area (Å²) in [5.74, 6) is -0.178. The number of esters is 1. The van der Waals surface area contributed by atoms with Crippen LogP contribution in [0, 0.1) is 5.92 Å². The van der Waals surface area contributed by atoms with E-state index in [1.165, 1.54) is 28.6 Å². The van der Waals surface area contributed by atoms with Gasteiger partial charge in [0.2, 0.25) is 15.9 Å².